The van der Waals surface area contributed by atoms with Crippen LogP contribution in [-0.4, -0.2) is 7.11 Å². The summed E-state index contributed by atoms with van der Waals surface area (Å²) < 4.78 is 6.29. The molecule has 3 heteroatoms. The van der Waals surface area contributed by atoms with Crippen LogP contribution in [-0.2, 0) is 0 Å². The van der Waals surface area contributed by atoms with Crippen LogP contribution >= 0.6 is 15.9 Å². The van der Waals surface area contributed by atoms with Gasteiger partial charge in [-0.15, -0.1) is 0 Å². The number of benzene rings is 1. The maximum absolute atomic E-state index is 9.18. The number of hydrogen-bond acceptors (Lipinski definition) is 2. The second-order valence-electron chi connectivity index (χ2n) is 3.83. The molecule has 0 spiro atoms. The van der Waals surface area contributed by atoms with Crippen LogP contribution in [0.3, 0.4) is 0 Å². The van der Waals surface area contributed by atoms with Crippen molar-refractivity contribution in [2.75, 3.05) is 7.11 Å². The first-order chi connectivity index (χ1) is 7.26. The van der Waals surface area contributed by atoms with E-state index in [2.05, 4.69) is 22.0 Å². The van der Waals surface area contributed by atoms with Crippen LogP contribution < -0.4 is 4.74 Å². The molecule has 0 N–H and O–H groups in total. The van der Waals surface area contributed by atoms with Crippen molar-refractivity contribution < 1.29 is 4.74 Å². The number of nitrogens with zero attached hydrogens (tertiary/aromatic N) is 1. The van der Waals surface area contributed by atoms with Crippen molar-refractivity contribution in [1.82, 2.24) is 0 Å². The van der Waals surface area contributed by atoms with Gasteiger partial charge in [0.1, 0.15) is 5.75 Å². The Morgan fingerprint density at radius 2 is 2.27 bits per heavy atom. The number of methoxy groups -OCH3 is 1. The van der Waals surface area contributed by atoms with E-state index in [1.165, 1.54) is 0 Å². The van der Waals surface area contributed by atoms with Gasteiger partial charge in [0.05, 0.1) is 19.1 Å². The molecule has 15 heavy (non-hydrogen) atoms. The standard InChI is InChI=1S/C12H12BrNO/c1-15-12-5-4-9(13)6-10(12)11(7-14)8-2-3-8/h4-6,8,11H,2-3H2,1H3. The van der Waals surface area contributed by atoms with Crippen LogP contribution in [0, 0.1) is 17.2 Å². The maximum Gasteiger partial charge on any atom is 0.123 e. The molecule has 0 heterocycles. The lowest BCUT2D eigenvalue weighted by molar-refractivity contribution is 0.406. The molecule has 1 unspecified atom stereocenters. The third-order valence-electron chi connectivity index (χ3n) is 2.76. The summed E-state index contributed by atoms with van der Waals surface area (Å²) in [5.74, 6) is 1.33. The van der Waals surface area contributed by atoms with Gasteiger partial charge >= 0.3 is 0 Å². The molecule has 1 fully saturated rings. The van der Waals surface area contributed by atoms with Crippen molar-refractivity contribution >= 4 is 15.9 Å². The van der Waals surface area contributed by atoms with Crippen LogP contribution in [0.4, 0.5) is 0 Å². The molecule has 1 atom stereocenters. The number of hydrogen-bond donors (Lipinski definition) is 0. The number of ether oxygens (including phenoxy) is 1. The lowest BCUT2D eigenvalue weighted by Crippen LogP contribution is -2.01. The Hall–Kier alpha value is -1.01. The summed E-state index contributed by atoms with van der Waals surface area (Å²) in [5, 5.41) is 9.18. The van der Waals surface area contributed by atoms with Gasteiger partial charge in [0, 0.05) is 10.0 Å². The number of rotatable bonds is 3. The van der Waals surface area contributed by atoms with Crippen molar-refractivity contribution in [1.29, 1.82) is 5.26 Å². The highest BCUT2D eigenvalue weighted by atomic mass is 79.9. The molecule has 1 saturated carbocycles. The van der Waals surface area contributed by atoms with Crippen LogP contribution in [0.2, 0.25) is 0 Å². The van der Waals surface area contributed by atoms with Crippen LogP contribution in [0.1, 0.15) is 24.3 Å². The van der Waals surface area contributed by atoms with E-state index in [-0.39, 0.29) is 5.92 Å². The summed E-state index contributed by atoms with van der Waals surface area (Å²) in [6, 6.07) is 8.22. The van der Waals surface area contributed by atoms with Gasteiger partial charge in [-0.2, -0.15) is 5.26 Å². The first-order valence-electron chi connectivity index (χ1n) is 4.99. The molecular formula is C12H12BrNO. The second-order valence-corrected chi connectivity index (χ2v) is 4.75. The van der Waals surface area contributed by atoms with Crippen LogP contribution in [0.15, 0.2) is 22.7 Å². The summed E-state index contributed by atoms with van der Waals surface area (Å²) in [6.45, 7) is 0. The Kier molecular flexibility index (Phi) is 2.97. The molecule has 1 aromatic rings. The zero-order valence-electron chi connectivity index (χ0n) is 8.53. The van der Waals surface area contributed by atoms with E-state index in [4.69, 9.17) is 4.74 Å². The summed E-state index contributed by atoms with van der Waals surface area (Å²) >= 11 is 3.43. The van der Waals surface area contributed by atoms with Crippen LogP contribution in [0.25, 0.3) is 0 Å². The predicted molar refractivity (Wildman–Crippen MR) is 61.8 cm³/mol. The quantitative estimate of drug-likeness (QED) is 0.839. The lowest BCUT2D eigenvalue weighted by Gasteiger charge is -2.13. The SMILES string of the molecule is COc1ccc(Br)cc1C(C#N)C1CC1. The summed E-state index contributed by atoms with van der Waals surface area (Å²) in [7, 11) is 1.65. The molecule has 0 aromatic heterocycles. The van der Waals surface area contributed by atoms with Gasteiger partial charge in [0.2, 0.25) is 0 Å². The highest BCUT2D eigenvalue weighted by molar-refractivity contribution is 9.10. The normalized spacial score (nSPS) is 16.9. The van der Waals surface area contributed by atoms with E-state index in [1.54, 1.807) is 7.11 Å². The van der Waals surface area contributed by atoms with Crippen molar-refractivity contribution in [3.8, 4) is 11.8 Å². The molecule has 78 valence electrons. The molecule has 0 radical (unpaired) electrons. The van der Waals surface area contributed by atoms with E-state index in [9.17, 15) is 5.26 Å². The fraction of sp³-hybridized carbons (Fsp3) is 0.417. The zero-order valence-corrected chi connectivity index (χ0v) is 10.1. The van der Waals surface area contributed by atoms with Gasteiger partial charge < -0.3 is 4.74 Å². The molecular weight excluding hydrogens is 254 g/mol. The monoisotopic (exact) mass is 265 g/mol. The Morgan fingerprint density at radius 3 is 2.80 bits per heavy atom. The van der Waals surface area contributed by atoms with Gasteiger partial charge in [0.25, 0.3) is 0 Å². The van der Waals surface area contributed by atoms with E-state index >= 15 is 0 Å². The summed E-state index contributed by atoms with van der Waals surface area (Å²) in [4.78, 5) is 0. The highest BCUT2D eigenvalue weighted by Gasteiger charge is 2.34. The topological polar surface area (TPSA) is 33.0 Å². The average Bonchev–Trinajstić information content (AvgIpc) is 3.04. The molecule has 2 rings (SSSR count). The molecule has 0 amide bonds. The molecule has 1 aliphatic carbocycles. The number of nitriles is 1. The maximum atomic E-state index is 9.18. The number of halogens is 1. The van der Waals surface area contributed by atoms with Gasteiger partial charge in [-0.05, 0) is 37.0 Å². The first-order valence-corrected chi connectivity index (χ1v) is 5.78. The van der Waals surface area contributed by atoms with Crippen molar-refractivity contribution in [3.63, 3.8) is 0 Å². The van der Waals surface area contributed by atoms with Gasteiger partial charge in [-0.25, -0.2) is 0 Å². The van der Waals surface area contributed by atoms with Gasteiger partial charge in [0.15, 0.2) is 0 Å². The Morgan fingerprint density at radius 1 is 1.53 bits per heavy atom. The second kappa shape index (κ2) is 4.24. The van der Waals surface area contributed by atoms with E-state index < -0.39 is 0 Å². The van der Waals surface area contributed by atoms with Crippen LogP contribution in [0.5, 0.6) is 5.75 Å². The molecule has 1 aliphatic rings. The van der Waals surface area contributed by atoms with Gasteiger partial charge in [-0.3, -0.25) is 0 Å². The van der Waals surface area contributed by atoms with E-state index in [0.29, 0.717) is 5.92 Å². The zero-order chi connectivity index (χ0) is 10.8. The summed E-state index contributed by atoms with van der Waals surface area (Å²) in [5.41, 5.74) is 1.01. The van der Waals surface area contributed by atoms with Gasteiger partial charge in [-0.1, -0.05) is 15.9 Å². The third-order valence-corrected chi connectivity index (χ3v) is 3.25. The highest BCUT2D eigenvalue weighted by Crippen LogP contribution is 2.45. The minimum Gasteiger partial charge on any atom is -0.496 e. The Labute approximate surface area is 98.0 Å². The Bertz CT molecular complexity index is 407. The molecule has 2 nitrogen and oxygen atoms in total. The predicted octanol–water partition coefficient (Wildman–Crippen LogP) is 3.47. The third kappa shape index (κ3) is 2.15. The largest absolute Gasteiger partial charge is 0.496 e. The Balaban J connectivity index is 2.39. The average molecular weight is 266 g/mol. The van der Waals surface area contributed by atoms with Crippen molar-refractivity contribution in [2.24, 2.45) is 5.92 Å². The molecule has 0 saturated heterocycles. The fourth-order valence-corrected chi connectivity index (χ4v) is 2.19. The van der Waals surface area contributed by atoms with Crippen molar-refractivity contribution in [2.45, 2.75) is 18.8 Å². The van der Waals surface area contributed by atoms with E-state index in [0.717, 1.165) is 28.6 Å². The smallest absolute Gasteiger partial charge is 0.123 e. The molecule has 0 bridgehead atoms. The first kappa shape index (κ1) is 10.5. The molecule has 0 aliphatic heterocycles. The minimum atomic E-state index is -0.0163. The van der Waals surface area contributed by atoms with E-state index in [1.807, 2.05) is 18.2 Å². The minimum absolute atomic E-state index is 0.0163. The lowest BCUT2D eigenvalue weighted by atomic mass is 9.95. The molecule has 1 aromatic carbocycles. The summed E-state index contributed by atoms with van der Waals surface area (Å²) in [6.07, 6.45) is 2.32. The fourth-order valence-electron chi connectivity index (χ4n) is 1.81. The van der Waals surface area contributed by atoms with Crippen molar-refractivity contribution in [3.05, 3.63) is 28.2 Å².